The van der Waals surface area contributed by atoms with Crippen molar-refractivity contribution in [2.45, 2.75) is 51.6 Å². The van der Waals surface area contributed by atoms with E-state index in [-0.39, 0.29) is 12.1 Å². The summed E-state index contributed by atoms with van der Waals surface area (Å²) in [4.78, 5) is 27.2. The third-order valence-corrected chi connectivity index (χ3v) is 4.41. The molecule has 0 radical (unpaired) electrons. The van der Waals surface area contributed by atoms with Gasteiger partial charge in [0.15, 0.2) is 0 Å². The summed E-state index contributed by atoms with van der Waals surface area (Å²) in [5.74, 6) is -1.19. The minimum absolute atomic E-state index is 0.0376. The fraction of sp³-hybridized carbons (Fsp3) is 0.846. The van der Waals surface area contributed by atoms with Crippen LogP contribution in [0.4, 0.5) is 4.79 Å². The highest BCUT2D eigenvalue weighted by atomic mass is 16.4. The number of likely N-dealkylation sites (tertiary alicyclic amines) is 2. The number of hydrogen-bond acceptors (Lipinski definition) is 2. The van der Waals surface area contributed by atoms with E-state index in [1.54, 1.807) is 4.90 Å². The van der Waals surface area contributed by atoms with Gasteiger partial charge in [0.2, 0.25) is 0 Å². The van der Waals surface area contributed by atoms with Crippen molar-refractivity contribution in [3.05, 3.63) is 0 Å². The summed E-state index contributed by atoms with van der Waals surface area (Å²) in [7, 11) is 0. The van der Waals surface area contributed by atoms with Crippen LogP contribution < -0.4 is 0 Å². The fourth-order valence-corrected chi connectivity index (χ4v) is 3.22. The first-order valence-electron chi connectivity index (χ1n) is 6.86. The first-order valence-corrected chi connectivity index (χ1v) is 6.86. The van der Waals surface area contributed by atoms with Gasteiger partial charge in [-0.2, -0.15) is 0 Å². The number of rotatable bonds is 2. The average Bonchev–Trinajstić information content (AvgIpc) is 2.93. The summed E-state index contributed by atoms with van der Waals surface area (Å²) in [5.41, 5.74) is 0. The Balaban J connectivity index is 2.04. The molecule has 2 aliphatic rings. The Hall–Kier alpha value is -1.26. The summed E-state index contributed by atoms with van der Waals surface area (Å²) in [6, 6.07) is 0.192. The maximum Gasteiger partial charge on any atom is 0.320 e. The van der Waals surface area contributed by atoms with Crippen molar-refractivity contribution >= 4 is 12.0 Å². The highest BCUT2D eigenvalue weighted by molar-refractivity contribution is 5.78. The summed E-state index contributed by atoms with van der Waals surface area (Å²) >= 11 is 0. The molecule has 2 fully saturated rings. The summed E-state index contributed by atoms with van der Waals surface area (Å²) in [5, 5.41) is 9.10. The van der Waals surface area contributed by atoms with Crippen LogP contribution >= 0.6 is 0 Å². The summed E-state index contributed by atoms with van der Waals surface area (Å²) in [6.45, 7) is 5.34. The van der Waals surface area contributed by atoms with Gasteiger partial charge in [-0.15, -0.1) is 0 Å². The summed E-state index contributed by atoms with van der Waals surface area (Å²) in [6.07, 6.45) is 3.70. The smallest absolute Gasteiger partial charge is 0.320 e. The molecule has 2 heterocycles. The van der Waals surface area contributed by atoms with Crippen LogP contribution in [-0.4, -0.2) is 52.1 Å². The Morgan fingerprint density at radius 3 is 2.50 bits per heavy atom. The van der Waals surface area contributed by atoms with Crippen molar-refractivity contribution in [1.29, 1.82) is 0 Å². The van der Waals surface area contributed by atoms with E-state index in [1.807, 2.05) is 11.8 Å². The van der Waals surface area contributed by atoms with E-state index in [2.05, 4.69) is 6.92 Å². The maximum absolute atomic E-state index is 12.5. The van der Waals surface area contributed by atoms with E-state index in [9.17, 15) is 9.59 Å². The lowest BCUT2D eigenvalue weighted by molar-refractivity contribution is -0.142. The largest absolute Gasteiger partial charge is 0.481 e. The molecule has 3 atom stereocenters. The van der Waals surface area contributed by atoms with Crippen LogP contribution in [0.2, 0.25) is 0 Å². The van der Waals surface area contributed by atoms with E-state index < -0.39 is 11.9 Å². The number of carbonyl (C=O) groups is 2. The van der Waals surface area contributed by atoms with Gasteiger partial charge >= 0.3 is 12.0 Å². The molecule has 0 saturated carbocycles. The first kappa shape index (κ1) is 13.2. The molecule has 2 aliphatic heterocycles. The van der Waals surface area contributed by atoms with Crippen LogP contribution in [-0.2, 0) is 4.79 Å². The molecule has 0 aromatic heterocycles. The molecule has 0 aliphatic carbocycles. The van der Waals surface area contributed by atoms with Gasteiger partial charge in [-0.1, -0.05) is 6.92 Å². The van der Waals surface area contributed by atoms with E-state index in [1.165, 1.54) is 0 Å². The lowest BCUT2D eigenvalue weighted by atomic mass is 10.0. The van der Waals surface area contributed by atoms with E-state index in [0.717, 1.165) is 25.8 Å². The van der Waals surface area contributed by atoms with Gasteiger partial charge in [0.25, 0.3) is 0 Å². The Labute approximate surface area is 108 Å². The van der Waals surface area contributed by atoms with Crippen molar-refractivity contribution in [2.75, 3.05) is 13.1 Å². The molecule has 18 heavy (non-hydrogen) atoms. The quantitative estimate of drug-likeness (QED) is 0.817. The Morgan fingerprint density at radius 1 is 1.22 bits per heavy atom. The van der Waals surface area contributed by atoms with E-state index in [4.69, 9.17) is 5.11 Å². The molecular weight excluding hydrogens is 232 g/mol. The minimum Gasteiger partial charge on any atom is -0.481 e. The zero-order valence-electron chi connectivity index (χ0n) is 11.1. The number of urea groups is 1. The Kier molecular flexibility index (Phi) is 3.78. The predicted octanol–water partition coefficient (Wildman–Crippen LogP) is 1.78. The van der Waals surface area contributed by atoms with Gasteiger partial charge in [-0.05, 0) is 32.6 Å². The topological polar surface area (TPSA) is 60.9 Å². The fourth-order valence-electron chi connectivity index (χ4n) is 3.22. The van der Waals surface area contributed by atoms with Crippen LogP contribution in [0.25, 0.3) is 0 Å². The molecule has 0 aromatic rings. The normalized spacial score (nSPS) is 32.0. The molecule has 3 unspecified atom stereocenters. The molecule has 0 bridgehead atoms. The second-order valence-corrected chi connectivity index (χ2v) is 5.35. The minimum atomic E-state index is -0.786. The number of amides is 2. The van der Waals surface area contributed by atoms with E-state index in [0.29, 0.717) is 19.0 Å². The number of hydrogen-bond donors (Lipinski definition) is 1. The van der Waals surface area contributed by atoms with Crippen LogP contribution in [0.15, 0.2) is 0 Å². The van der Waals surface area contributed by atoms with Crippen molar-refractivity contribution in [3.63, 3.8) is 0 Å². The number of carbonyl (C=O) groups excluding carboxylic acids is 1. The SMILES string of the molecule is CCC1CCCN1C(=O)N1CCC(C(=O)O)C1C. The standard InChI is InChI=1S/C13H22N2O3/c1-3-10-5-4-7-15(10)13(18)14-8-6-11(9(14)2)12(16)17/h9-11H,3-8H2,1-2H3,(H,16,17). The maximum atomic E-state index is 12.5. The molecule has 5 nitrogen and oxygen atoms in total. The zero-order chi connectivity index (χ0) is 13.3. The second-order valence-electron chi connectivity index (χ2n) is 5.35. The van der Waals surface area contributed by atoms with Gasteiger partial charge in [0.05, 0.1) is 5.92 Å². The molecule has 102 valence electrons. The Morgan fingerprint density at radius 2 is 1.94 bits per heavy atom. The lowest BCUT2D eigenvalue weighted by Crippen LogP contribution is -2.47. The number of aliphatic carboxylic acids is 1. The zero-order valence-corrected chi connectivity index (χ0v) is 11.1. The monoisotopic (exact) mass is 254 g/mol. The van der Waals surface area contributed by atoms with Crippen molar-refractivity contribution in [1.82, 2.24) is 9.80 Å². The van der Waals surface area contributed by atoms with Gasteiger partial charge in [-0.25, -0.2) is 4.79 Å². The van der Waals surface area contributed by atoms with Crippen LogP contribution in [0.3, 0.4) is 0 Å². The molecule has 2 saturated heterocycles. The lowest BCUT2D eigenvalue weighted by Gasteiger charge is -2.32. The third-order valence-electron chi connectivity index (χ3n) is 4.41. The second kappa shape index (κ2) is 5.16. The molecule has 1 N–H and O–H groups in total. The highest BCUT2D eigenvalue weighted by Crippen LogP contribution is 2.28. The van der Waals surface area contributed by atoms with Gasteiger partial charge in [0, 0.05) is 25.2 Å². The molecule has 5 heteroatoms. The van der Waals surface area contributed by atoms with Crippen molar-refractivity contribution in [3.8, 4) is 0 Å². The van der Waals surface area contributed by atoms with E-state index >= 15 is 0 Å². The number of carboxylic acids is 1. The highest BCUT2D eigenvalue weighted by Gasteiger charge is 2.41. The number of nitrogens with zero attached hydrogens (tertiary/aromatic N) is 2. The first-order chi connectivity index (χ1) is 8.56. The van der Waals surface area contributed by atoms with Crippen LogP contribution in [0, 0.1) is 5.92 Å². The van der Waals surface area contributed by atoms with Crippen molar-refractivity contribution < 1.29 is 14.7 Å². The van der Waals surface area contributed by atoms with Gasteiger partial charge < -0.3 is 14.9 Å². The summed E-state index contributed by atoms with van der Waals surface area (Å²) < 4.78 is 0. The van der Waals surface area contributed by atoms with Crippen molar-refractivity contribution in [2.24, 2.45) is 5.92 Å². The molecule has 0 aromatic carbocycles. The molecular formula is C13H22N2O3. The third kappa shape index (κ3) is 2.18. The molecule has 0 spiro atoms. The average molecular weight is 254 g/mol. The molecule has 2 amide bonds. The predicted molar refractivity (Wildman–Crippen MR) is 67.3 cm³/mol. The number of carboxylic acid groups (broad SMARTS) is 1. The van der Waals surface area contributed by atoms with Gasteiger partial charge in [0.1, 0.15) is 0 Å². The van der Waals surface area contributed by atoms with Gasteiger partial charge in [-0.3, -0.25) is 4.79 Å². The van der Waals surface area contributed by atoms with Crippen LogP contribution in [0.1, 0.15) is 39.5 Å². The Bertz CT molecular complexity index is 345. The van der Waals surface area contributed by atoms with Crippen LogP contribution in [0.5, 0.6) is 0 Å². The molecule has 2 rings (SSSR count).